The zero-order valence-corrected chi connectivity index (χ0v) is 13.0. The van der Waals surface area contributed by atoms with Gasteiger partial charge in [-0.1, -0.05) is 30.4 Å². The van der Waals surface area contributed by atoms with Gasteiger partial charge in [0.15, 0.2) is 0 Å². The SMILES string of the molecule is O=C1[C@@H]2[C@H](C(=O)N1N(C(=O)CCl)c1ccccc1)[C@H]1C=C[C@H]2C1. The molecule has 1 heterocycles. The number of fused-ring (bicyclic) bond motifs is 5. The van der Waals surface area contributed by atoms with Crippen LogP contribution < -0.4 is 5.01 Å². The first kappa shape index (κ1) is 14.5. The average Bonchev–Trinajstić information content (AvgIpc) is 3.25. The third kappa shape index (κ3) is 1.96. The number of imide groups is 1. The number of halogens is 1. The minimum Gasteiger partial charge on any atom is -0.272 e. The number of alkyl halides is 1. The van der Waals surface area contributed by atoms with Crippen molar-refractivity contribution in [3.8, 4) is 0 Å². The number of benzene rings is 1. The van der Waals surface area contributed by atoms with Crippen molar-refractivity contribution in [2.24, 2.45) is 23.7 Å². The van der Waals surface area contributed by atoms with E-state index in [1.54, 1.807) is 30.3 Å². The number of amides is 3. The van der Waals surface area contributed by atoms with E-state index in [1.807, 2.05) is 12.2 Å². The highest BCUT2D eigenvalue weighted by molar-refractivity contribution is 6.30. The second kappa shape index (κ2) is 5.20. The molecule has 1 saturated carbocycles. The Morgan fingerprint density at radius 2 is 1.65 bits per heavy atom. The van der Waals surface area contributed by atoms with Crippen LogP contribution in [0.4, 0.5) is 5.69 Å². The number of allylic oxidation sites excluding steroid dienone is 2. The molecule has 0 aromatic heterocycles. The van der Waals surface area contributed by atoms with Crippen molar-refractivity contribution in [3.05, 3.63) is 42.5 Å². The van der Waals surface area contributed by atoms with E-state index in [0.29, 0.717) is 5.69 Å². The summed E-state index contributed by atoms with van der Waals surface area (Å²) >= 11 is 5.71. The number of carbonyl (C=O) groups is 3. The number of rotatable bonds is 3. The zero-order valence-electron chi connectivity index (χ0n) is 12.3. The van der Waals surface area contributed by atoms with Crippen LogP contribution >= 0.6 is 11.6 Å². The molecule has 2 aliphatic carbocycles. The Kier molecular flexibility index (Phi) is 3.27. The van der Waals surface area contributed by atoms with Crippen LogP contribution in [0.3, 0.4) is 0 Å². The molecule has 0 radical (unpaired) electrons. The van der Waals surface area contributed by atoms with Crippen molar-refractivity contribution in [3.63, 3.8) is 0 Å². The first-order chi connectivity index (χ1) is 11.1. The lowest BCUT2D eigenvalue weighted by Gasteiger charge is -2.30. The van der Waals surface area contributed by atoms with Gasteiger partial charge in [-0.25, -0.2) is 5.01 Å². The van der Waals surface area contributed by atoms with Gasteiger partial charge in [0, 0.05) is 0 Å². The summed E-state index contributed by atoms with van der Waals surface area (Å²) in [6, 6.07) is 8.68. The van der Waals surface area contributed by atoms with Gasteiger partial charge in [0.1, 0.15) is 5.88 Å². The molecule has 0 unspecified atom stereocenters. The van der Waals surface area contributed by atoms with Crippen molar-refractivity contribution in [2.45, 2.75) is 6.42 Å². The van der Waals surface area contributed by atoms with Gasteiger partial charge in [-0.2, -0.15) is 5.01 Å². The lowest BCUT2D eigenvalue weighted by Crippen LogP contribution is -2.51. The maximum absolute atomic E-state index is 12.9. The first-order valence-corrected chi connectivity index (χ1v) is 8.17. The van der Waals surface area contributed by atoms with Crippen molar-refractivity contribution in [2.75, 3.05) is 10.9 Å². The highest BCUT2D eigenvalue weighted by Crippen LogP contribution is 2.53. The molecule has 23 heavy (non-hydrogen) atoms. The second-order valence-electron chi connectivity index (χ2n) is 6.16. The maximum Gasteiger partial charge on any atom is 0.261 e. The van der Waals surface area contributed by atoms with Crippen molar-refractivity contribution in [1.82, 2.24) is 5.01 Å². The summed E-state index contributed by atoms with van der Waals surface area (Å²) in [5.41, 5.74) is 0.472. The highest BCUT2D eigenvalue weighted by atomic mass is 35.5. The molecule has 1 aliphatic heterocycles. The van der Waals surface area contributed by atoms with Crippen LogP contribution in [0.1, 0.15) is 6.42 Å². The summed E-state index contributed by atoms with van der Waals surface area (Å²) in [5.74, 6) is -1.84. The van der Waals surface area contributed by atoms with E-state index in [2.05, 4.69) is 0 Å². The van der Waals surface area contributed by atoms with Crippen LogP contribution in [0.25, 0.3) is 0 Å². The monoisotopic (exact) mass is 330 g/mol. The van der Waals surface area contributed by atoms with Gasteiger partial charge in [-0.3, -0.25) is 14.4 Å². The van der Waals surface area contributed by atoms with Gasteiger partial charge < -0.3 is 0 Å². The third-order valence-electron chi connectivity index (χ3n) is 5.00. The van der Waals surface area contributed by atoms with Gasteiger partial charge in [-0.15, -0.1) is 11.6 Å². The molecule has 4 rings (SSSR count). The molecule has 5 nitrogen and oxygen atoms in total. The summed E-state index contributed by atoms with van der Waals surface area (Å²) < 4.78 is 0. The van der Waals surface area contributed by atoms with Gasteiger partial charge >= 0.3 is 0 Å². The van der Waals surface area contributed by atoms with E-state index in [1.165, 1.54) is 0 Å². The average molecular weight is 331 g/mol. The summed E-state index contributed by atoms with van der Waals surface area (Å²) in [7, 11) is 0. The van der Waals surface area contributed by atoms with Gasteiger partial charge in [0.05, 0.1) is 17.5 Å². The van der Waals surface area contributed by atoms with E-state index in [9.17, 15) is 14.4 Å². The Balaban J connectivity index is 1.74. The van der Waals surface area contributed by atoms with E-state index in [4.69, 9.17) is 11.6 Å². The predicted molar refractivity (Wildman–Crippen MR) is 84.2 cm³/mol. The Morgan fingerprint density at radius 3 is 2.17 bits per heavy atom. The number of para-hydroxylation sites is 1. The minimum atomic E-state index is -0.486. The Labute approximate surface area is 138 Å². The molecule has 6 heteroatoms. The second-order valence-corrected chi connectivity index (χ2v) is 6.43. The predicted octanol–water partition coefficient (Wildman–Crippen LogP) is 1.98. The molecule has 0 spiro atoms. The van der Waals surface area contributed by atoms with Gasteiger partial charge in [-0.05, 0) is 30.4 Å². The van der Waals surface area contributed by atoms with Crippen LogP contribution in [-0.2, 0) is 14.4 Å². The fourth-order valence-corrected chi connectivity index (χ4v) is 4.19. The zero-order chi connectivity index (χ0) is 16.1. The van der Waals surface area contributed by atoms with Gasteiger partial charge in [0.2, 0.25) is 0 Å². The van der Waals surface area contributed by atoms with Crippen LogP contribution in [0.5, 0.6) is 0 Å². The molecule has 4 atom stereocenters. The summed E-state index contributed by atoms with van der Waals surface area (Å²) in [6.07, 6.45) is 4.91. The molecule has 2 bridgehead atoms. The number of hydrogen-bond acceptors (Lipinski definition) is 3. The number of nitrogens with zero attached hydrogens (tertiary/aromatic N) is 2. The first-order valence-electron chi connectivity index (χ1n) is 7.63. The van der Waals surface area contributed by atoms with Crippen molar-refractivity contribution >= 4 is 35.0 Å². The van der Waals surface area contributed by atoms with E-state index >= 15 is 0 Å². The topological polar surface area (TPSA) is 57.7 Å². The van der Waals surface area contributed by atoms with Crippen LogP contribution in [-0.4, -0.2) is 28.6 Å². The molecule has 1 aromatic rings. The lowest BCUT2D eigenvalue weighted by molar-refractivity contribution is -0.144. The molecule has 0 N–H and O–H groups in total. The molecule has 118 valence electrons. The fraction of sp³-hybridized carbons (Fsp3) is 0.353. The summed E-state index contributed by atoms with van der Waals surface area (Å²) in [6.45, 7) is 0. The van der Waals surface area contributed by atoms with Crippen LogP contribution in [0.15, 0.2) is 42.5 Å². The number of hydrogen-bond donors (Lipinski definition) is 0. The summed E-state index contributed by atoms with van der Waals surface area (Å²) in [5, 5.41) is 2.15. The fourth-order valence-electron chi connectivity index (χ4n) is 4.08. The third-order valence-corrected chi connectivity index (χ3v) is 5.23. The summed E-state index contributed by atoms with van der Waals surface area (Å²) in [4.78, 5) is 38.0. The number of carbonyl (C=O) groups excluding carboxylic acids is 3. The Hall–Kier alpha value is -2.14. The maximum atomic E-state index is 12.9. The highest BCUT2D eigenvalue weighted by Gasteiger charge is 2.61. The normalized spacial score (nSPS) is 30.9. The molecular weight excluding hydrogens is 316 g/mol. The molecule has 2 fully saturated rings. The molecular formula is C17H15ClN2O3. The Morgan fingerprint density at radius 1 is 1.09 bits per heavy atom. The van der Waals surface area contributed by atoms with Crippen LogP contribution in [0.2, 0.25) is 0 Å². The smallest absolute Gasteiger partial charge is 0.261 e. The van der Waals surface area contributed by atoms with E-state index in [-0.39, 0.29) is 41.4 Å². The van der Waals surface area contributed by atoms with Crippen molar-refractivity contribution in [1.29, 1.82) is 0 Å². The van der Waals surface area contributed by atoms with Crippen LogP contribution in [0, 0.1) is 23.7 Å². The Bertz CT molecular complexity index is 688. The standard InChI is InChI=1S/C17H15ClN2O3/c18-9-13(21)19(12-4-2-1-3-5-12)20-16(22)14-10-6-7-11(8-10)15(14)17(20)23/h1-7,10-11,14-15H,8-9H2/t10-,11-,14-,15+/m0/s1. The number of hydrazine groups is 1. The number of anilines is 1. The van der Waals surface area contributed by atoms with E-state index < -0.39 is 5.91 Å². The lowest BCUT2D eigenvalue weighted by atomic mass is 9.85. The molecule has 3 aliphatic rings. The quantitative estimate of drug-likeness (QED) is 0.484. The molecule has 3 amide bonds. The van der Waals surface area contributed by atoms with Crippen molar-refractivity contribution < 1.29 is 14.4 Å². The largest absolute Gasteiger partial charge is 0.272 e. The van der Waals surface area contributed by atoms with E-state index in [0.717, 1.165) is 16.4 Å². The van der Waals surface area contributed by atoms with Gasteiger partial charge in [0.25, 0.3) is 17.7 Å². The molecule has 1 aromatic carbocycles. The molecule has 1 saturated heterocycles. The minimum absolute atomic E-state index is 0.107.